The first-order chi connectivity index (χ1) is 14.6. The van der Waals surface area contributed by atoms with Crippen LogP contribution >= 0.6 is 0 Å². The van der Waals surface area contributed by atoms with Crippen LogP contribution in [0, 0.1) is 0 Å². The number of nitrogens with one attached hydrogen (secondary N) is 1. The number of fused-ring (bicyclic) bond motifs is 1. The van der Waals surface area contributed by atoms with Crippen LogP contribution in [0.25, 0.3) is 5.65 Å². The first kappa shape index (κ1) is 21.0. The van der Waals surface area contributed by atoms with Gasteiger partial charge in [-0.1, -0.05) is 0 Å². The van der Waals surface area contributed by atoms with Gasteiger partial charge in [-0.3, -0.25) is 9.48 Å². The van der Waals surface area contributed by atoms with E-state index < -0.39 is 42.3 Å². The summed E-state index contributed by atoms with van der Waals surface area (Å²) in [5, 5.41) is 10.3. The van der Waals surface area contributed by atoms with Gasteiger partial charge in [0, 0.05) is 44.2 Å². The van der Waals surface area contributed by atoms with Crippen LogP contribution in [0.1, 0.15) is 53.4 Å². The van der Waals surface area contributed by atoms with Crippen molar-refractivity contribution >= 4 is 23.1 Å². The average molecular weight is 440 g/mol. The molecular weight excluding hydrogens is 420 g/mol. The second-order valence-electron chi connectivity index (χ2n) is 7.61. The molecule has 1 aliphatic rings. The van der Waals surface area contributed by atoms with Crippen LogP contribution in [0.2, 0.25) is 0 Å². The third-order valence-corrected chi connectivity index (χ3v) is 5.30. The van der Waals surface area contributed by atoms with Gasteiger partial charge in [0.05, 0.1) is 11.4 Å². The number of aryl methyl sites for hydroxylation is 1. The Hall–Kier alpha value is -3.22. The summed E-state index contributed by atoms with van der Waals surface area (Å²) in [6.45, 7) is 0. The SMILES string of the molecule is Cn1cc(NC(=O)c2c(C3CC(F)(F)CCC3N)nn3ccc(N)nc23)c(C(F)F)n1. The number of nitrogens with two attached hydrogens (primary N) is 2. The Balaban J connectivity index is 1.81. The first-order valence-corrected chi connectivity index (χ1v) is 9.47. The van der Waals surface area contributed by atoms with Crippen LogP contribution in [0.3, 0.4) is 0 Å². The van der Waals surface area contributed by atoms with Gasteiger partial charge in [0.1, 0.15) is 11.4 Å². The van der Waals surface area contributed by atoms with Gasteiger partial charge in [-0.15, -0.1) is 0 Å². The number of halogens is 4. The lowest BCUT2D eigenvalue weighted by atomic mass is 9.79. The summed E-state index contributed by atoms with van der Waals surface area (Å²) in [5.41, 5.74) is 10.9. The van der Waals surface area contributed by atoms with Crippen LogP contribution in [0.5, 0.6) is 0 Å². The summed E-state index contributed by atoms with van der Waals surface area (Å²) >= 11 is 0. The zero-order valence-electron chi connectivity index (χ0n) is 16.4. The molecule has 3 heterocycles. The molecule has 0 saturated heterocycles. The van der Waals surface area contributed by atoms with E-state index in [2.05, 4.69) is 20.5 Å². The molecule has 0 spiro atoms. The zero-order valence-corrected chi connectivity index (χ0v) is 16.4. The molecule has 0 aromatic carbocycles. The van der Waals surface area contributed by atoms with Crippen molar-refractivity contribution in [2.75, 3.05) is 11.1 Å². The maximum absolute atomic E-state index is 14.1. The summed E-state index contributed by atoms with van der Waals surface area (Å²) in [4.78, 5) is 17.3. The molecule has 0 radical (unpaired) electrons. The van der Waals surface area contributed by atoms with E-state index in [0.29, 0.717) is 0 Å². The number of carbonyl (C=O) groups is 1. The molecule has 4 rings (SSSR count). The molecule has 9 nitrogen and oxygen atoms in total. The van der Waals surface area contributed by atoms with E-state index in [-0.39, 0.29) is 41.3 Å². The largest absolute Gasteiger partial charge is 0.384 e. The minimum absolute atomic E-state index is 0.0103. The Bertz CT molecular complexity index is 1140. The van der Waals surface area contributed by atoms with Gasteiger partial charge >= 0.3 is 0 Å². The summed E-state index contributed by atoms with van der Waals surface area (Å²) < 4.78 is 57.2. The lowest BCUT2D eigenvalue weighted by Gasteiger charge is -2.33. The molecule has 13 heteroatoms. The third kappa shape index (κ3) is 3.92. The Kier molecular flexibility index (Phi) is 5.07. The first-order valence-electron chi connectivity index (χ1n) is 9.47. The monoisotopic (exact) mass is 440 g/mol. The van der Waals surface area contributed by atoms with Gasteiger partial charge in [-0.25, -0.2) is 27.1 Å². The van der Waals surface area contributed by atoms with Crippen molar-refractivity contribution in [1.29, 1.82) is 0 Å². The molecular formula is C18H20F4N8O. The van der Waals surface area contributed by atoms with Gasteiger partial charge in [0.25, 0.3) is 12.3 Å². The minimum Gasteiger partial charge on any atom is -0.384 e. The van der Waals surface area contributed by atoms with Gasteiger partial charge in [0.2, 0.25) is 5.92 Å². The van der Waals surface area contributed by atoms with Crippen molar-refractivity contribution in [3.05, 3.63) is 35.4 Å². The molecule has 2 unspecified atom stereocenters. The fraction of sp³-hybridized carbons (Fsp3) is 0.444. The van der Waals surface area contributed by atoms with E-state index in [1.54, 1.807) is 0 Å². The Morgan fingerprint density at radius 2 is 2.10 bits per heavy atom. The number of rotatable bonds is 4. The van der Waals surface area contributed by atoms with Crippen molar-refractivity contribution < 1.29 is 22.4 Å². The minimum atomic E-state index is -2.97. The van der Waals surface area contributed by atoms with Crippen LogP contribution in [-0.2, 0) is 7.05 Å². The summed E-state index contributed by atoms with van der Waals surface area (Å²) in [6, 6.07) is 0.764. The van der Waals surface area contributed by atoms with Crippen molar-refractivity contribution in [3.8, 4) is 0 Å². The van der Waals surface area contributed by atoms with E-state index in [9.17, 15) is 22.4 Å². The number of aromatic nitrogens is 5. The van der Waals surface area contributed by atoms with Crippen molar-refractivity contribution in [2.45, 2.75) is 43.6 Å². The number of amides is 1. The molecule has 1 saturated carbocycles. The van der Waals surface area contributed by atoms with Crippen molar-refractivity contribution in [2.24, 2.45) is 12.8 Å². The summed E-state index contributed by atoms with van der Waals surface area (Å²) in [6.07, 6.45) is -1.20. The molecule has 31 heavy (non-hydrogen) atoms. The number of hydrogen-bond acceptors (Lipinski definition) is 6. The van der Waals surface area contributed by atoms with Gasteiger partial charge in [0.15, 0.2) is 11.3 Å². The van der Waals surface area contributed by atoms with Crippen LogP contribution in [-0.4, -0.2) is 42.3 Å². The number of hydrogen-bond donors (Lipinski definition) is 3. The van der Waals surface area contributed by atoms with E-state index >= 15 is 0 Å². The fourth-order valence-electron chi connectivity index (χ4n) is 3.84. The molecule has 0 bridgehead atoms. The van der Waals surface area contributed by atoms with Crippen molar-refractivity contribution in [3.63, 3.8) is 0 Å². The highest BCUT2D eigenvalue weighted by molar-refractivity contribution is 6.09. The Labute approximate surface area is 173 Å². The Morgan fingerprint density at radius 1 is 1.35 bits per heavy atom. The van der Waals surface area contributed by atoms with Gasteiger partial charge in [-0.2, -0.15) is 10.2 Å². The number of nitrogen functional groups attached to an aromatic ring is 1. The molecule has 1 fully saturated rings. The molecule has 0 aliphatic heterocycles. The highest BCUT2D eigenvalue weighted by atomic mass is 19.3. The van der Waals surface area contributed by atoms with E-state index in [0.717, 1.165) is 4.68 Å². The van der Waals surface area contributed by atoms with Crippen molar-refractivity contribution in [1.82, 2.24) is 24.4 Å². The summed E-state index contributed by atoms with van der Waals surface area (Å²) in [7, 11) is 1.42. The Morgan fingerprint density at radius 3 is 2.81 bits per heavy atom. The smallest absolute Gasteiger partial charge is 0.284 e. The number of nitrogens with zero attached hydrogens (tertiary/aromatic N) is 5. The normalized spacial score (nSPS) is 21.0. The molecule has 2 atom stereocenters. The quantitative estimate of drug-likeness (QED) is 0.535. The lowest BCUT2D eigenvalue weighted by Crippen LogP contribution is -2.40. The predicted octanol–water partition coefficient (Wildman–Crippen LogP) is 2.46. The number of alkyl halides is 4. The highest BCUT2D eigenvalue weighted by Gasteiger charge is 2.43. The third-order valence-electron chi connectivity index (χ3n) is 5.30. The van der Waals surface area contributed by atoms with E-state index in [1.165, 1.54) is 30.0 Å². The van der Waals surface area contributed by atoms with Crippen LogP contribution in [0.15, 0.2) is 18.5 Å². The number of carbonyl (C=O) groups excluding carboxylic acids is 1. The van der Waals surface area contributed by atoms with Gasteiger partial charge < -0.3 is 16.8 Å². The highest BCUT2D eigenvalue weighted by Crippen LogP contribution is 2.42. The van der Waals surface area contributed by atoms with Gasteiger partial charge in [-0.05, 0) is 12.5 Å². The second-order valence-corrected chi connectivity index (χ2v) is 7.61. The van der Waals surface area contributed by atoms with Crippen LogP contribution in [0.4, 0.5) is 29.1 Å². The molecule has 5 N–H and O–H groups in total. The molecule has 166 valence electrons. The molecule has 1 amide bonds. The number of anilines is 2. The second kappa shape index (κ2) is 7.48. The zero-order chi connectivity index (χ0) is 22.5. The molecule has 3 aromatic rings. The average Bonchev–Trinajstić information content (AvgIpc) is 3.23. The maximum atomic E-state index is 14.1. The van der Waals surface area contributed by atoms with E-state index in [1.807, 2.05) is 0 Å². The lowest BCUT2D eigenvalue weighted by molar-refractivity contribution is -0.0457. The molecule has 1 aliphatic carbocycles. The fourth-order valence-corrected chi connectivity index (χ4v) is 3.84. The van der Waals surface area contributed by atoms with Crippen LogP contribution < -0.4 is 16.8 Å². The topological polar surface area (TPSA) is 129 Å². The predicted molar refractivity (Wildman–Crippen MR) is 103 cm³/mol. The van der Waals surface area contributed by atoms with E-state index in [4.69, 9.17) is 11.5 Å². The summed E-state index contributed by atoms with van der Waals surface area (Å²) in [5.74, 6) is -4.68. The molecule has 3 aromatic heterocycles. The standard InChI is InChI=1S/C18H20F4N8O/c1-29-7-10(14(27-29)15(19)20)25-17(31)12-13(8-6-18(21,22)4-2-9(8)23)28-30-5-3-11(24)26-16(12)30/h3,5,7-9,15H,2,4,6,23H2,1H3,(H2,24,26)(H,25,31). The maximum Gasteiger partial charge on any atom is 0.284 e.